The van der Waals surface area contributed by atoms with E-state index in [4.69, 9.17) is 4.74 Å². The normalized spacial score (nSPS) is 14.7. The standard InChI is InChI=1S/C24H25FN4O2/c1-17(31-22-8-4-3-7-20(22)25)24(30)26-19-11-9-18(10-12-19)21-13-14-23(28-27-21)29-15-5-2-6-16-29/h3-4,7-14,17H,2,5-6,15-16H2,1H3,(H,26,30). The summed E-state index contributed by atoms with van der Waals surface area (Å²) in [7, 11) is 0. The first-order chi connectivity index (χ1) is 15.1. The number of halogens is 1. The smallest absolute Gasteiger partial charge is 0.265 e. The third-order valence-electron chi connectivity index (χ3n) is 5.29. The molecule has 0 spiro atoms. The Morgan fingerprint density at radius 1 is 1.00 bits per heavy atom. The van der Waals surface area contributed by atoms with Crippen LogP contribution in [0.15, 0.2) is 60.7 Å². The van der Waals surface area contributed by atoms with Gasteiger partial charge in [0.15, 0.2) is 23.5 Å². The summed E-state index contributed by atoms with van der Waals surface area (Å²) in [6.45, 7) is 3.64. The predicted molar refractivity (Wildman–Crippen MR) is 119 cm³/mol. The van der Waals surface area contributed by atoms with E-state index in [1.807, 2.05) is 24.3 Å². The van der Waals surface area contributed by atoms with Gasteiger partial charge in [0.05, 0.1) is 5.69 Å². The van der Waals surface area contributed by atoms with Crippen molar-refractivity contribution in [2.24, 2.45) is 0 Å². The lowest BCUT2D eigenvalue weighted by Gasteiger charge is -2.27. The summed E-state index contributed by atoms with van der Waals surface area (Å²) >= 11 is 0. The average molecular weight is 420 g/mol. The van der Waals surface area contributed by atoms with E-state index in [-0.39, 0.29) is 11.7 Å². The molecule has 160 valence electrons. The third kappa shape index (κ3) is 5.17. The third-order valence-corrected chi connectivity index (χ3v) is 5.29. The fraction of sp³-hybridized carbons (Fsp3) is 0.292. The number of nitrogens with one attached hydrogen (secondary N) is 1. The maximum absolute atomic E-state index is 13.7. The quantitative estimate of drug-likeness (QED) is 0.627. The second kappa shape index (κ2) is 9.55. The van der Waals surface area contributed by atoms with Gasteiger partial charge in [0, 0.05) is 24.3 Å². The monoisotopic (exact) mass is 420 g/mol. The Bertz CT molecular complexity index is 1020. The number of aromatic nitrogens is 2. The van der Waals surface area contributed by atoms with Crippen molar-refractivity contribution in [2.45, 2.75) is 32.3 Å². The molecule has 1 unspecified atom stereocenters. The van der Waals surface area contributed by atoms with E-state index in [1.54, 1.807) is 31.2 Å². The minimum absolute atomic E-state index is 0.0482. The summed E-state index contributed by atoms with van der Waals surface area (Å²) in [4.78, 5) is 14.7. The van der Waals surface area contributed by atoms with Gasteiger partial charge < -0.3 is 15.0 Å². The van der Waals surface area contributed by atoms with Crippen molar-refractivity contribution in [2.75, 3.05) is 23.3 Å². The highest BCUT2D eigenvalue weighted by Crippen LogP contribution is 2.23. The molecule has 6 nitrogen and oxygen atoms in total. The van der Waals surface area contributed by atoms with Crippen LogP contribution in [0.5, 0.6) is 5.75 Å². The number of hydrogen-bond acceptors (Lipinski definition) is 5. The van der Waals surface area contributed by atoms with E-state index in [9.17, 15) is 9.18 Å². The van der Waals surface area contributed by atoms with Crippen molar-refractivity contribution >= 4 is 17.4 Å². The van der Waals surface area contributed by atoms with Crippen LogP contribution in [-0.4, -0.2) is 35.3 Å². The second-order valence-electron chi connectivity index (χ2n) is 7.58. The van der Waals surface area contributed by atoms with Crippen molar-refractivity contribution in [1.29, 1.82) is 0 Å². The number of hydrogen-bond donors (Lipinski definition) is 1. The maximum atomic E-state index is 13.7. The number of benzene rings is 2. The van der Waals surface area contributed by atoms with E-state index in [1.165, 1.54) is 31.4 Å². The number of ether oxygens (including phenoxy) is 1. The Balaban J connectivity index is 1.36. The molecule has 2 heterocycles. The van der Waals surface area contributed by atoms with E-state index in [0.717, 1.165) is 30.2 Å². The van der Waals surface area contributed by atoms with Crippen LogP contribution in [0.3, 0.4) is 0 Å². The molecule has 1 saturated heterocycles. The molecule has 31 heavy (non-hydrogen) atoms. The molecule has 0 aliphatic carbocycles. The predicted octanol–water partition coefficient (Wildman–Crippen LogP) is 4.68. The molecular weight excluding hydrogens is 395 g/mol. The summed E-state index contributed by atoms with van der Waals surface area (Å²) in [5.74, 6) is 0.101. The molecule has 3 aromatic rings. The largest absolute Gasteiger partial charge is 0.478 e. The van der Waals surface area contributed by atoms with Crippen LogP contribution >= 0.6 is 0 Å². The van der Waals surface area contributed by atoms with Gasteiger partial charge in [-0.2, -0.15) is 0 Å². The molecule has 1 aliphatic rings. The summed E-state index contributed by atoms with van der Waals surface area (Å²) in [5.41, 5.74) is 2.30. The van der Waals surface area contributed by atoms with Crippen LogP contribution < -0.4 is 15.0 Å². The minimum Gasteiger partial charge on any atom is -0.478 e. The molecule has 1 N–H and O–H groups in total. The van der Waals surface area contributed by atoms with Gasteiger partial charge in [-0.05, 0) is 62.6 Å². The van der Waals surface area contributed by atoms with Crippen LogP contribution in [0.25, 0.3) is 11.3 Å². The fourth-order valence-electron chi connectivity index (χ4n) is 3.52. The molecule has 7 heteroatoms. The number of carbonyl (C=O) groups excluding carboxylic acids is 1. The van der Waals surface area contributed by atoms with Gasteiger partial charge in [-0.25, -0.2) is 4.39 Å². The molecule has 1 fully saturated rings. The van der Waals surface area contributed by atoms with E-state index >= 15 is 0 Å². The van der Waals surface area contributed by atoms with Crippen molar-refractivity contribution in [1.82, 2.24) is 10.2 Å². The van der Waals surface area contributed by atoms with Crippen LogP contribution in [-0.2, 0) is 4.79 Å². The SMILES string of the molecule is CC(Oc1ccccc1F)C(=O)Nc1ccc(-c2ccc(N3CCCCC3)nn2)cc1. The highest BCUT2D eigenvalue weighted by Gasteiger charge is 2.17. The highest BCUT2D eigenvalue weighted by atomic mass is 19.1. The lowest BCUT2D eigenvalue weighted by molar-refractivity contribution is -0.122. The van der Waals surface area contributed by atoms with Crippen molar-refractivity contribution < 1.29 is 13.9 Å². The number of piperidine rings is 1. The number of nitrogens with zero attached hydrogens (tertiary/aromatic N) is 3. The van der Waals surface area contributed by atoms with Crippen molar-refractivity contribution in [3.05, 3.63) is 66.5 Å². The summed E-state index contributed by atoms with van der Waals surface area (Å²) in [6, 6.07) is 17.3. The first-order valence-corrected chi connectivity index (χ1v) is 10.5. The number of anilines is 2. The van der Waals surface area contributed by atoms with Gasteiger partial charge >= 0.3 is 0 Å². The highest BCUT2D eigenvalue weighted by molar-refractivity contribution is 5.94. The molecular formula is C24H25FN4O2. The number of para-hydroxylation sites is 1. The first kappa shape index (κ1) is 20.8. The Labute approximate surface area is 181 Å². The lowest BCUT2D eigenvalue weighted by Crippen LogP contribution is -2.30. The van der Waals surface area contributed by atoms with Gasteiger partial charge in [0.2, 0.25) is 0 Å². The zero-order chi connectivity index (χ0) is 21.6. The van der Waals surface area contributed by atoms with Gasteiger partial charge in [0.25, 0.3) is 5.91 Å². The molecule has 1 aliphatic heterocycles. The molecule has 0 bridgehead atoms. The molecule has 2 aromatic carbocycles. The van der Waals surface area contributed by atoms with E-state index in [0.29, 0.717) is 5.69 Å². The van der Waals surface area contributed by atoms with Crippen LogP contribution in [0.1, 0.15) is 26.2 Å². The number of rotatable bonds is 6. The molecule has 0 saturated carbocycles. The van der Waals surface area contributed by atoms with Gasteiger partial charge in [-0.15, -0.1) is 10.2 Å². The number of carbonyl (C=O) groups is 1. The summed E-state index contributed by atoms with van der Waals surface area (Å²) < 4.78 is 19.1. The van der Waals surface area contributed by atoms with Crippen LogP contribution in [0.4, 0.5) is 15.9 Å². The zero-order valence-corrected chi connectivity index (χ0v) is 17.4. The summed E-state index contributed by atoms with van der Waals surface area (Å²) in [5, 5.41) is 11.5. The van der Waals surface area contributed by atoms with Crippen LogP contribution in [0.2, 0.25) is 0 Å². The average Bonchev–Trinajstić information content (AvgIpc) is 2.82. The second-order valence-corrected chi connectivity index (χ2v) is 7.58. The topological polar surface area (TPSA) is 67.3 Å². The number of amides is 1. The Morgan fingerprint density at radius 3 is 2.42 bits per heavy atom. The van der Waals surface area contributed by atoms with Gasteiger partial charge in [-0.1, -0.05) is 24.3 Å². The van der Waals surface area contributed by atoms with Crippen LogP contribution in [0, 0.1) is 5.82 Å². The lowest BCUT2D eigenvalue weighted by atomic mass is 10.1. The zero-order valence-electron chi connectivity index (χ0n) is 17.4. The van der Waals surface area contributed by atoms with Gasteiger partial charge in [0.1, 0.15) is 0 Å². The first-order valence-electron chi connectivity index (χ1n) is 10.5. The van der Waals surface area contributed by atoms with Crippen molar-refractivity contribution in [3.63, 3.8) is 0 Å². The summed E-state index contributed by atoms with van der Waals surface area (Å²) in [6.07, 6.45) is 2.82. The van der Waals surface area contributed by atoms with E-state index in [2.05, 4.69) is 20.4 Å². The fourth-order valence-corrected chi connectivity index (χ4v) is 3.52. The van der Waals surface area contributed by atoms with E-state index < -0.39 is 11.9 Å². The maximum Gasteiger partial charge on any atom is 0.265 e. The van der Waals surface area contributed by atoms with Crippen molar-refractivity contribution in [3.8, 4) is 17.0 Å². The molecule has 0 radical (unpaired) electrons. The Hall–Kier alpha value is -3.48. The molecule has 1 atom stereocenters. The molecule has 1 aromatic heterocycles. The Morgan fingerprint density at radius 2 is 1.74 bits per heavy atom. The Kier molecular flexibility index (Phi) is 6.40. The molecule has 4 rings (SSSR count). The van der Waals surface area contributed by atoms with Gasteiger partial charge in [-0.3, -0.25) is 4.79 Å². The molecule has 1 amide bonds. The minimum atomic E-state index is -0.843.